The Kier molecular flexibility index (Phi) is 5.44. The molecule has 0 saturated carbocycles. The fourth-order valence-corrected chi connectivity index (χ4v) is 2.59. The lowest BCUT2D eigenvalue weighted by molar-refractivity contribution is -0.140. The molecular weight excluding hydrogens is 308 g/mol. The third-order valence-corrected chi connectivity index (χ3v) is 3.99. The summed E-state index contributed by atoms with van der Waals surface area (Å²) in [5, 5.41) is 10.1. The van der Waals surface area contributed by atoms with Crippen molar-refractivity contribution < 1.29 is 19.1 Å². The molecule has 1 aromatic carbocycles. The average Bonchev–Trinajstić information content (AvgIpc) is 2.56. The highest BCUT2D eigenvalue weighted by molar-refractivity contribution is 5.71. The molecule has 1 atom stereocenters. The number of esters is 1. The van der Waals surface area contributed by atoms with Crippen LogP contribution in [0.25, 0.3) is 0 Å². The number of ether oxygens (including phenoxy) is 1. The Labute approximate surface area is 140 Å². The van der Waals surface area contributed by atoms with Gasteiger partial charge in [0.1, 0.15) is 5.76 Å². The molecule has 2 aromatic rings. The highest BCUT2D eigenvalue weighted by Crippen LogP contribution is 2.33. The van der Waals surface area contributed by atoms with Crippen LogP contribution in [-0.4, -0.2) is 18.2 Å². The summed E-state index contributed by atoms with van der Waals surface area (Å²) in [7, 11) is 1.30. The van der Waals surface area contributed by atoms with Crippen molar-refractivity contribution in [3.63, 3.8) is 0 Å². The summed E-state index contributed by atoms with van der Waals surface area (Å²) in [6.45, 7) is 5.81. The SMILES string of the molecule is COC(=O)CC(c1ccc(C(C)C)cc1)c1oc(C)cc(=O)c1O. The number of carbonyl (C=O) groups is 1. The number of carbonyl (C=O) groups excluding carboxylic acids is 1. The fourth-order valence-electron chi connectivity index (χ4n) is 2.59. The molecule has 1 heterocycles. The monoisotopic (exact) mass is 330 g/mol. The third kappa shape index (κ3) is 3.85. The van der Waals surface area contributed by atoms with E-state index in [0.29, 0.717) is 11.7 Å². The summed E-state index contributed by atoms with van der Waals surface area (Å²) in [6.07, 6.45) is -0.0303. The van der Waals surface area contributed by atoms with E-state index in [0.717, 1.165) is 11.1 Å². The normalized spacial score (nSPS) is 12.2. The summed E-state index contributed by atoms with van der Waals surface area (Å²) in [6, 6.07) is 8.91. The number of hydrogen-bond donors (Lipinski definition) is 1. The van der Waals surface area contributed by atoms with Gasteiger partial charge in [0.05, 0.1) is 19.4 Å². The number of aryl methyl sites for hydroxylation is 1. The summed E-state index contributed by atoms with van der Waals surface area (Å²) in [4.78, 5) is 23.7. The van der Waals surface area contributed by atoms with E-state index in [-0.39, 0.29) is 12.2 Å². The first-order valence-corrected chi connectivity index (χ1v) is 7.83. The van der Waals surface area contributed by atoms with E-state index in [1.807, 2.05) is 24.3 Å². The van der Waals surface area contributed by atoms with Gasteiger partial charge in [-0.2, -0.15) is 0 Å². The fraction of sp³-hybridized carbons (Fsp3) is 0.368. The highest BCUT2D eigenvalue weighted by atomic mass is 16.5. The zero-order valence-electron chi connectivity index (χ0n) is 14.3. The quantitative estimate of drug-likeness (QED) is 0.849. The molecule has 1 unspecified atom stereocenters. The first kappa shape index (κ1) is 17.8. The lowest BCUT2D eigenvalue weighted by atomic mass is 9.90. The molecule has 2 rings (SSSR count). The van der Waals surface area contributed by atoms with E-state index in [1.165, 1.54) is 13.2 Å². The molecule has 0 aliphatic rings. The third-order valence-electron chi connectivity index (χ3n) is 3.99. The summed E-state index contributed by atoms with van der Waals surface area (Å²) in [5.41, 5.74) is 1.40. The van der Waals surface area contributed by atoms with Crippen LogP contribution in [0.4, 0.5) is 0 Å². The van der Waals surface area contributed by atoms with E-state index >= 15 is 0 Å². The van der Waals surface area contributed by atoms with Gasteiger partial charge in [-0.15, -0.1) is 0 Å². The van der Waals surface area contributed by atoms with Gasteiger partial charge in [0.2, 0.25) is 11.2 Å². The minimum absolute atomic E-state index is 0.0303. The summed E-state index contributed by atoms with van der Waals surface area (Å²) >= 11 is 0. The van der Waals surface area contributed by atoms with Crippen molar-refractivity contribution in [1.29, 1.82) is 0 Å². The second-order valence-corrected chi connectivity index (χ2v) is 6.09. The van der Waals surface area contributed by atoms with Crippen LogP contribution in [0, 0.1) is 6.92 Å². The molecule has 5 heteroatoms. The van der Waals surface area contributed by atoms with Crippen LogP contribution < -0.4 is 5.43 Å². The van der Waals surface area contributed by atoms with Crippen LogP contribution in [0.1, 0.15) is 54.8 Å². The van der Waals surface area contributed by atoms with Crippen molar-refractivity contribution in [2.75, 3.05) is 7.11 Å². The van der Waals surface area contributed by atoms with E-state index in [4.69, 9.17) is 9.15 Å². The second-order valence-electron chi connectivity index (χ2n) is 6.09. The topological polar surface area (TPSA) is 76.7 Å². The van der Waals surface area contributed by atoms with Crippen LogP contribution in [0.15, 0.2) is 39.5 Å². The smallest absolute Gasteiger partial charge is 0.306 e. The largest absolute Gasteiger partial charge is 0.502 e. The van der Waals surface area contributed by atoms with Crippen LogP contribution in [0.3, 0.4) is 0 Å². The number of aromatic hydroxyl groups is 1. The number of rotatable bonds is 5. The molecule has 0 bridgehead atoms. The molecule has 1 N–H and O–H groups in total. The Bertz CT molecular complexity index is 771. The lowest BCUT2D eigenvalue weighted by Crippen LogP contribution is -2.13. The number of methoxy groups -OCH3 is 1. The molecular formula is C19H22O5. The molecule has 0 spiro atoms. The minimum atomic E-state index is -0.591. The zero-order valence-corrected chi connectivity index (χ0v) is 14.3. The predicted molar refractivity (Wildman–Crippen MR) is 90.4 cm³/mol. The van der Waals surface area contributed by atoms with Crippen molar-refractivity contribution in [2.24, 2.45) is 0 Å². The molecule has 1 aromatic heterocycles. The van der Waals surface area contributed by atoms with Crippen LogP contribution in [0.5, 0.6) is 5.75 Å². The van der Waals surface area contributed by atoms with Crippen molar-refractivity contribution in [3.8, 4) is 5.75 Å². The standard InChI is InChI=1S/C19H22O5/c1-11(2)13-5-7-14(8-6-13)15(10-17(21)23-4)19-18(22)16(20)9-12(3)24-19/h5-9,11,15,22H,10H2,1-4H3. The average molecular weight is 330 g/mol. The molecule has 0 aliphatic heterocycles. The first-order valence-electron chi connectivity index (χ1n) is 7.83. The van der Waals surface area contributed by atoms with E-state index in [2.05, 4.69) is 13.8 Å². The molecule has 0 fully saturated rings. The maximum Gasteiger partial charge on any atom is 0.306 e. The van der Waals surface area contributed by atoms with Crippen LogP contribution in [0.2, 0.25) is 0 Å². The van der Waals surface area contributed by atoms with Gasteiger partial charge in [-0.1, -0.05) is 38.1 Å². The summed E-state index contributed by atoms with van der Waals surface area (Å²) < 4.78 is 10.3. The van der Waals surface area contributed by atoms with Gasteiger partial charge >= 0.3 is 5.97 Å². The maximum atomic E-state index is 11.9. The summed E-state index contributed by atoms with van der Waals surface area (Å²) in [5.74, 6) is -0.669. The van der Waals surface area contributed by atoms with Crippen molar-refractivity contribution in [3.05, 3.63) is 63.2 Å². The molecule has 128 valence electrons. The highest BCUT2D eigenvalue weighted by Gasteiger charge is 2.26. The van der Waals surface area contributed by atoms with Gasteiger partial charge < -0.3 is 14.3 Å². The van der Waals surface area contributed by atoms with Gasteiger partial charge in [-0.05, 0) is 24.0 Å². The Morgan fingerprint density at radius 2 is 1.79 bits per heavy atom. The van der Waals surface area contributed by atoms with Crippen molar-refractivity contribution >= 4 is 5.97 Å². The zero-order chi connectivity index (χ0) is 17.9. The van der Waals surface area contributed by atoms with Gasteiger partial charge in [-0.3, -0.25) is 9.59 Å². The minimum Gasteiger partial charge on any atom is -0.502 e. The Morgan fingerprint density at radius 3 is 2.33 bits per heavy atom. The van der Waals surface area contributed by atoms with Crippen LogP contribution in [-0.2, 0) is 9.53 Å². The Balaban J connectivity index is 2.53. The van der Waals surface area contributed by atoms with Gasteiger partial charge in [0, 0.05) is 6.07 Å². The first-order chi connectivity index (χ1) is 11.3. The van der Waals surface area contributed by atoms with E-state index in [1.54, 1.807) is 6.92 Å². The molecule has 0 saturated heterocycles. The van der Waals surface area contributed by atoms with Gasteiger partial charge in [0.15, 0.2) is 5.76 Å². The molecule has 24 heavy (non-hydrogen) atoms. The van der Waals surface area contributed by atoms with Crippen molar-refractivity contribution in [2.45, 2.75) is 39.0 Å². The number of hydrogen-bond acceptors (Lipinski definition) is 5. The molecule has 5 nitrogen and oxygen atoms in total. The van der Waals surface area contributed by atoms with E-state index in [9.17, 15) is 14.7 Å². The van der Waals surface area contributed by atoms with Crippen LogP contribution >= 0.6 is 0 Å². The Morgan fingerprint density at radius 1 is 1.21 bits per heavy atom. The molecule has 0 aliphatic carbocycles. The molecule has 0 amide bonds. The lowest BCUT2D eigenvalue weighted by Gasteiger charge is -2.17. The Hall–Kier alpha value is -2.56. The molecule has 0 radical (unpaired) electrons. The predicted octanol–water partition coefficient (Wildman–Crippen LogP) is 3.47. The second kappa shape index (κ2) is 7.34. The number of benzene rings is 1. The maximum absolute atomic E-state index is 11.9. The van der Waals surface area contributed by atoms with Crippen molar-refractivity contribution in [1.82, 2.24) is 0 Å². The van der Waals surface area contributed by atoms with Gasteiger partial charge in [0.25, 0.3) is 0 Å². The van der Waals surface area contributed by atoms with E-state index < -0.39 is 23.1 Å². The van der Waals surface area contributed by atoms with Gasteiger partial charge in [-0.25, -0.2) is 0 Å².